The lowest BCUT2D eigenvalue weighted by atomic mass is 9.86. The summed E-state index contributed by atoms with van der Waals surface area (Å²) in [4.78, 5) is 12.5. The molecule has 0 N–H and O–H groups in total. The number of allylic oxidation sites excluding steroid dienone is 1. The highest BCUT2D eigenvalue weighted by atomic mass is 16.5. The van der Waals surface area contributed by atoms with E-state index in [9.17, 15) is 4.79 Å². The highest BCUT2D eigenvalue weighted by molar-refractivity contribution is 6.04. The molecule has 0 saturated carbocycles. The fourth-order valence-corrected chi connectivity index (χ4v) is 4.86. The monoisotopic (exact) mass is 514 g/mol. The molecule has 4 aromatic carbocycles. The zero-order chi connectivity index (χ0) is 27.1. The van der Waals surface area contributed by atoms with E-state index in [-0.39, 0.29) is 5.97 Å². The molecule has 0 heterocycles. The van der Waals surface area contributed by atoms with Crippen molar-refractivity contribution >= 4 is 17.1 Å². The molecule has 0 atom stereocenters. The standard InChI is InChI=1S/C37H38O2/c1-2-3-4-5-6-7-8-18-25-35(38)39-34-28-26-33(27-29-34)37(32-23-16-11-17-24-32)36(30-19-12-9-13-20-30)31-21-14-10-15-22-31/h2,9-17,19-24,26-29H,1,3-8,18,25H2. The van der Waals surface area contributed by atoms with E-state index in [1.165, 1.54) is 25.7 Å². The number of rotatable bonds is 14. The Kier molecular flexibility index (Phi) is 10.9. The zero-order valence-electron chi connectivity index (χ0n) is 22.7. The summed E-state index contributed by atoms with van der Waals surface area (Å²) in [7, 11) is 0. The van der Waals surface area contributed by atoms with E-state index in [1.807, 2.05) is 36.4 Å². The van der Waals surface area contributed by atoms with E-state index in [1.54, 1.807) is 0 Å². The summed E-state index contributed by atoms with van der Waals surface area (Å²) in [6, 6.07) is 39.4. The molecule has 0 fully saturated rings. The molecule has 0 aliphatic heterocycles. The normalized spacial score (nSPS) is 10.6. The smallest absolute Gasteiger partial charge is 0.311 e. The third-order valence-electron chi connectivity index (χ3n) is 6.85. The lowest BCUT2D eigenvalue weighted by Crippen LogP contribution is -2.07. The lowest BCUT2D eigenvalue weighted by molar-refractivity contribution is -0.134. The van der Waals surface area contributed by atoms with Gasteiger partial charge in [-0.15, -0.1) is 6.58 Å². The topological polar surface area (TPSA) is 26.3 Å². The number of unbranched alkanes of at least 4 members (excludes halogenated alkanes) is 6. The number of carbonyl (C=O) groups excluding carboxylic acids is 1. The molecule has 0 aromatic heterocycles. The Balaban J connectivity index is 1.53. The van der Waals surface area contributed by atoms with Crippen LogP contribution in [0.2, 0.25) is 0 Å². The van der Waals surface area contributed by atoms with Crippen molar-refractivity contribution in [2.75, 3.05) is 0 Å². The second kappa shape index (κ2) is 15.3. The van der Waals surface area contributed by atoms with Crippen molar-refractivity contribution in [3.63, 3.8) is 0 Å². The number of carbonyl (C=O) groups is 1. The summed E-state index contributed by atoms with van der Waals surface area (Å²) < 4.78 is 5.68. The van der Waals surface area contributed by atoms with Gasteiger partial charge in [-0.1, -0.05) is 135 Å². The molecule has 2 heteroatoms. The molecule has 0 spiro atoms. The molecule has 0 radical (unpaired) electrons. The van der Waals surface area contributed by atoms with E-state index in [4.69, 9.17) is 4.74 Å². The molecule has 0 aliphatic rings. The predicted molar refractivity (Wildman–Crippen MR) is 164 cm³/mol. The molecule has 0 amide bonds. The molecule has 4 aromatic rings. The van der Waals surface area contributed by atoms with Crippen molar-refractivity contribution in [3.8, 4) is 5.75 Å². The van der Waals surface area contributed by atoms with Gasteiger partial charge in [0.15, 0.2) is 0 Å². The number of hydrogen-bond acceptors (Lipinski definition) is 2. The largest absolute Gasteiger partial charge is 0.427 e. The summed E-state index contributed by atoms with van der Waals surface area (Å²) >= 11 is 0. The molecule has 0 saturated heterocycles. The van der Waals surface area contributed by atoms with Crippen LogP contribution in [0.15, 0.2) is 128 Å². The van der Waals surface area contributed by atoms with Gasteiger partial charge in [0.1, 0.15) is 5.75 Å². The predicted octanol–water partition coefficient (Wildman–Crippen LogP) is 9.91. The molecule has 0 aliphatic carbocycles. The van der Waals surface area contributed by atoms with Gasteiger partial charge in [0.05, 0.1) is 0 Å². The lowest BCUT2D eigenvalue weighted by Gasteiger charge is -2.18. The second-order valence-electron chi connectivity index (χ2n) is 9.80. The minimum Gasteiger partial charge on any atom is -0.427 e. The number of hydrogen-bond donors (Lipinski definition) is 0. The summed E-state index contributed by atoms with van der Waals surface area (Å²) in [5, 5.41) is 0. The maximum Gasteiger partial charge on any atom is 0.311 e. The molecule has 4 rings (SSSR count). The Labute approximate surface area is 233 Å². The molecular formula is C37H38O2. The summed E-state index contributed by atoms with van der Waals surface area (Å²) in [5.74, 6) is 0.420. The minimum atomic E-state index is -0.164. The molecular weight excluding hydrogens is 476 g/mol. The van der Waals surface area contributed by atoms with Gasteiger partial charge in [-0.3, -0.25) is 4.79 Å². The maximum atomic E-state index is 12.5. The molecule has 198 valence electrons. The Hall–Kier alpha value is -4.17. The first kappa shape index (κ1) is 27.9. The van der Waals surface area contributed by atoms with Gasteiger partial charge < -0.3 is 4.74 Å². The third kappa shape index (κ3) is 8.41. The fraction of sp³-hybridized carbons (Fsp3) is 0.216. The Morgan fingerprint density at radius 2 is 0.949 bits per heavy atom. The highest BCUT2D eigenvalue weighted by Gasteiger charge is 2.16. The van der Waals surface area contributed by atoms with Gasteiger partial charge in [0.25, 0.3) is 0 Å². The van der Waals surface area contributed by atoms with Crippen LogP contribution in [-0.4, -0.2) is 5.97 Å². The first-order valence-corrected chi connectivity index (χ1v) is 14.1. The van der Waals surface area contributed by atoms with Crippen LogP contribution in [0.1, 0.15) is 73.6 Å². The quantitative estimate of drug-likeness (QED) is 0.0550. The summed E-state index contributed by atoms with van der Waals surface area (Å²) in [6.45, 7) is 3.77. The number of esters is 1. The van der Waals surface area contributed by atoms with E-state index >= 15 is 0 Å². The summed E-state index contributed by atoms with van der Waals surface area (Å²) in [5.41, 5.74) is 6.81. The van der Waals surface area contributed by atoms with Gasteiger partial charge in [-0.25, -0.2) is 0 Å². The van der Waals surface area contributed by atoms with Crippen molar-refractivity contribution in [2.45, 2.75) is 51.4 Å². The van der Waals surface area contributed by atoms with Crippen LogP contribution < -0.4 is 4.74 Å². The molecule has 0 bridgehead atoms. The molecule has 0 unspecified atom stereocenters. The van der Waals surface area contributed by atoms with Gasteiger partial charge in [-0.05, 0) is 64.8 Å². The van der Waals surface area contributed by atoms with Crippen molar-refractivity contribution < 1.29 is 9.53 Å². The van der Waals surface area contributed by atoms with E-state index < -0.39 is 0 Å². The van der Waals surface area contributed by atoms with Crippen molar-refractivity contribution in [1.29, 1.82) is 0 Å². The Bertz CT molecular complexity index is 1280. The van der Waals surface area contributed by atoms with Crippen molar-refractivity contribution in [3.05, 3.63) is 150 Å². The van der Waals surface area contributed by atoms with Crippen LogP contribution in [0.4, 0.5) is 0 Å². The minimum absolute atomic E-state index is 0.164. The average Bonchev–Trinajstić information content (AvgIpc) is 2.99. The van der Waals surface area contributed by atoms with Crippen LogP contribution >= 0.6 is 0 Å². The average molecular weight is 515 g/mol. The van der Waals surface area contributed by atoms with Gasteiger partial charge in [-0.2, -0.15) is 0 Å². The van der Waals surface area contributed by atoms with E-state index in [0.717, 1.165) is 52.7 Å². The van der Waals surface area contributed by atoms with Crippen LogP contribution in [0.5, 0.6) is 5.75 Å². The van der Waals surface area contributed by atoms with Crippen LogP contribution in [0.25, 0.3) is 11.1 Å². The number of ether oxygens (including phenoxy) is 1. The van der Waals surface area contributed by atoms with E-state index in [0.29, 0.717) is 12.2 Å². The van der Waals surface area contributed by atoms with Crippen molar-refractivity contribution in [2.24, 2.45) is 0 Å². The first-order valence-electron chi connectivity index (χ1n) is 14.1. The van der Waals surface area contributed by atoms with Gasteiger partial charge in [0, 0.05) is 6.42 Å². The second-order valence-corrected chi connectivity index (χ2v) is 9.80. The maximum absolute atomic E-state index is 12.5. The van der Waals surface area contributed by atoms with Gasteiger partial charge in [0.2, 0.25) is 0 Å². The van der Waals surface area contributed by atoms with Crippen LogP contribution in [-0.2, 0) is 4.79 Å². The van der Waals surface area contributed by atoms with Gasteiger partial charge >= 0.3 is 5.97 Å². The highest BCUT2D eigenvalue weighted by Crippen LogP contribution is 2.37. The first-order chi connectivity index (χ1) is 19.3. The SMILES string of the molecule is C=CCCCCCCCCC(=O)Oc1ccc(C(=C(c2ccccc2)c2ccccc2)c2ccccc2)cc1. The Morgan fingerprint density at radius 1 is 0.538 bits per heavy atom. The number of benzene rings is 4. The molecule has 39 heavy (non-hydrogen) atoms. The fourth-order valence-electron chi connectivity index (χ4n) is 4.86. The Morgan fingerprint density at radius 3 is 1.41 bits per heavy atom. The molecule has 2 nitrogen and oxygen atoms in total. The van der Waals surface area contributed by atoms with Crippen LogP contribution in [0.3, 0.4) is 0 Å². The van der Waals surface area contributed by atoms with E-state index in [2.05, 4.69) is 91.5 Å². The van der Waals surface area contributed by atoms with Crippen molar-refractivity contribution in [1.82, 2.24) is 0 Å². The zero-order valence-corrected chi connectivity index (χ0v) is 22.7. The third-order valence-corrected chi connectivity index (χ3v) is 6.85. The van der Waals surface area contributed by atoms with Crippen LogP contribution in [0, 0.1) is 0 Å². The summed E-state index contributed by atoms with van der Waals surface area (Å²) in [6.07, 6.45) is 10.3.